The summed E-state index contributed by atoms with van der Waals surface area (Å²) < 4.78 is 21.1. The Labute approximate surface area is 174 Å². The minimum atomic E-state index is -0.313. The number of halogens is 1. The molecule has 0 bridgehead atoms. The van der Waals surface area contributed by atoms with Crippen LogP contribution >= 0.6 is 0 Å². The third-order valence-electron chi connectivity index (χ3n) is 6.20. The lowest BCUT2D eigenvalue weighted by molar-refractivity contribution is -0.131. The first-order valence-electron chi connectivity index (χ1n) is 10.2. The lowest BCUT2D eigenvalue weighted by Crippen LogP contribution is -2.38. The molecule has 4 atom stereocenters. The van der Waals surface area contributed by atoms with Crippen molar-refractivity contribution in [1.82, 2.24) is 25.2 Å². The second-order valence-electron chi connectivity index (χ2n) is 8.14. The first kappa shape index (κ1) is 20.5. The van der Waals surface area contributed by atoms with Crippen LogP contribution in [0, 0.1) is 17.7 Å². The molecular weight excluding hydrogens is 389 g/mol. The van der Waals surface area contributed by atoms with E-state index in [2.05, 4.69) is 15.6 Å². The number of carbonyl (C=O) groups is 2. The molecule has 0 unspecified atom stereocenters. The molecule has 1 saturated carbocycles. The van der Waals surface area contributed by atoms with Gasteiger partial charge in [-0.15, -0.1) is 5.10 Å². The highest BCUT2D eigenvalue weighted by atomic mass is 19.1. The smallest absolute Gasteiger partial charge is 0.241 e. The van der Waals surface area contributed by atoms with Gasteiger partial charge in [0, 0.05) is 32.7 Å². The van der Waals surface area contributed by atoms with Gasteiger partial charge in [-0.25, -0.2) is 9.07 Å². The van der Waals surface area contributed by atoms with Crippen LogP contribution in [0.3, 0.4) is 0 Å². The molecule has 4 rings (SSSR count). The van der Waals surface area contributed by atoms with Crippen molar-refractivity contribution >= 4 is 11.8 Å². The van der Waals surface area contributed by atoms with E-state index in [9.17, 15) is 14.0 Å². The second kappa shape index (κ2) is 8.51. The molecule has 1 saturated heterocycles. The van der Waals surface area contributed by atoms with Crippen LogP contribution < -0.4 is 5.32 Å². The van der Waals surface area contributed by atoms with Crippen molar-refractivity contribution in [2.75, 3.05) is 26.7 Å². The Balaban J connectivity index is 1.47. The van der Waals surface area contributed by atoms with E-state index in [1.807, 2.05) is 15.8 Å². The number of hydrogen-bond donors (Lipinski definition) is 1. The number of methoxy groups -OCH3 is 1. The zero-order chi connectivity index (χ0) is 21.3. The Morgan fingerprint density at radius 1 is 1.27 bits per heavy atom. The van der Waals surface area contributed by atoms with Gasteiger partial charge in [0.25, 0.3) is 0 Å². The monoisotopic (exact) mass is 415 g/mol. The van der Waals surface area contributed by atoms with Crippen LogP contribution in [0.2, 0.25) is 0 Å². The number of fused-ring (bicyclic) bond motifs is 1. The van der Waals surface area contributed by atoms with Crippen LogP contribution in [0.15, 0.2) is 30.5 Å². The van der Waals surface area contributed by atoms with Crippen LogP contribution in [0.25, 0.3) is 11.3 Å². The average Bonchev–Trinajstić information content (AvgIpc) is 3.37. The summed E-state index contributed by atoms with van der Waals surface area (Å²) in [5.74, 6) is 0.120. The molecule has 30 heavy (non-hydrogen) atoms. The highest BCUT2D eigenvalue weighted by Crippen LogP contribution is 2.42. The molecule has 2 amide bonds. The van der Waals surface area contributed by atoms with Crippen LogP contribution in [0.5, 0.6) is 0 Å². The molecular formula is C21H26FN5O3. The average molecular weight is 415 g/mol. The van der Waals surface area contributed by atoms with E-state index in [1.165, 1.54) is 19.1 Å². The van der Waals surface area contributed by atoms with Gasteiger partial charge in [-0.05, 0) is 36.8 Å². The van der Waals surface area contributed by atoms with E-state index in [0.717, 1.165) is 12.8 Å². The Kier molecular flexibility index (Phi) is 5.80. The number of rotatable bonds is 5. The normalized spacial score (nSPS) is 25.8. The van der Waals surface area contributed by atoms with Crippen LogP contribution in [-0.4, -0.2) is 64.6 Å². The molecule has 1 aliphatic carbocycles. The topological polar surface area (TPSA) is 89.4 Å². The highest BCUT2D eigenvalue weighted by molar-refractivity contribution is 5.83. The maximum atomic E-state index is 13.5. The van der Waals surface area contributed by atoms with Crippen molar-refractivity contribution in [1.29, 1.82) is 0 Å². The number of likely N-dealkylation sites (tertiary alicyclic amines) is 1. The zero-order valence-electron chi connectivity index (χ0n) is 17.1. The summed E-state index contributed by atoms with van der Waals surface area (Å²) in [6.45, 7) is 2.79. The Morgan fingerprint density at radius 2 is 2.03 bits per heavy atom. The molecule has 1 aromatic carbocycles. The summed E-state index contributed by atoms with van der Waals surface area (Å²) in [4.78, 5) is 25.3. The molecule has 1 N–H and O–H groups in total. The third-order valence-corrected chi connectivity index (χ3v) is 6.20. The standard InChI is InChI=1S/C21H26FN5O3/c1-13(28)23-9-21(29)26-10-15-7-19(20(30-2)8-16(15)11-26)27-12-18(24-25-27)14-4-3-5-17(22)6-14/h3-6,12,15-16,19-20H,7-11H2,1-2H3,(H,23,28)/t15-,16+,19-,20-/m1/s1. The van der Waals surface area contributed by atoms with Crippen molar-refractivity contribution in [3.8, 4) is 11.3 Å². The van der Waals surface area contributed by atoms with E-state index in [-0.39, 0.29) is 36.3 Å². The zero-order valence-corrected chi connectivity index (χ0v) is 17.1. The number of nitrogens with zero attached hydrogens (tertiary/aromatic N) is 4. The number of hydrogen-bond acceptors (Lipinski definition) is 5. The molecule has 9 heteroatoms. The Bertz CT molecular complexity index is 933. The fourth-order valence-corrected chi connectivity index (χ4v) is 4.66. The van der Waals surface area contributed by atoms with Crippen LogP contribution in [0.1, 0.15) is 25.8 Å². The van der Waals surface area contributed by atoms with Gasteiger partial charge in [0.05, 0.1) is 24.9 Å². The van der Waals surface area contributed by atoms with Gasteiger partial charge in [-0.2, -0.15) is 0 Å². The fourth-order valence-electron chi connectivity index (χ4n) is 4.66. The minimum Gasteiger partial charge on any atom is -0.379 e. The van der Waals surface area contributed by atoms with Gasteiger partial charge >= 0.3 is 0 Å². The van der Waals surface area contributed by atoms with Gasteiger partial charge in [0.1, 0.15) is 11.5 Å². The van der Waals surface area contributed by atoms with Crippen molar-refractivity contribution in [2.24, 2.45) is 11.8 Å². The summed E-state index contributed by atoms with van der Waals surface area (Å²) in [7, 11) is 1.69. The fraction of sp³-hybridized carbons (Fsp3) is 0.524. The maximum absolute atomic E-state index is 13.5. The molecule has 160 valence electrons. The van der Waals surface area contributed by atoms with E-state index >= 15 is 0 Å². The summed E-state index contributed by atoms with van der Waals surface area (Å²) in [5, 5.41) is 11.1. The SMILES string of the molecule is CO[C@@H]1C[C@H]2CN(C(=O)CNC(C)=O)C[C@H]2C[C@H]1n1cc(-c2cccc(F)c2)nn1. The molecule has 8 nitrogen and oxygen atoms in total. The Morgan fingerprint density at radius 3 is 2.73 bits per heavy atom. The van der Waals surface area contributed by atoms with Crippen molar-refractivity contribution in [2.45, 2.75) is 31.9 Å². The van der Waals surface area contributed by atoms with Gasteiger partial charge in [0.15, 0.2) is 0 Å². The predicted molar refractivity (Wildman–Crippen MR) is 107 cm³/mol. The number of ether oxygens (including phenoxy) is 1. The molecule has 2 heterocycles. The number of carbonyl (C=O) groups excluding carboxylic acids is 2. The lowest BCUT2D eigenvalue weighted by atomic mass is 9.77. The lowest BCUT2D eigenvalue weighted by Gasteiger charge is -2.36. The molecule has 2 fully saturated rings. The summed E-state index contributed by atoms with van der Waals surface area (Å²) in [6, 6.07) is 6.29. The molecule has 0 radical (unpaired) electrons. The molecule has 2 aliphatic rings. The van der Waals surface area contributed by atoms with Crippen molar-refractivity contribution in [3.05, 3.63) is 36.3 Å². The molecule has 2 aromatic rings. The first-order valence-corrected chi connectivity index (χ1v) is 10.2. The van der Waals surface area contributed by atoms with Gasteiger partial charge in [0.2, 0.25) is 11.8 Å². The second-order valence-corrected chi connectivity index (χ2v) is 8.14. The number of aromatic nitrogens is 3. The van der Waals surface area contributed by atoms with E-state index in [4.69, 9.17) is 4.74 Å². The van der Waals surface area contributed by atoms with E-state index in [1.54, 1.807) is 19.2 Å². The molecule has 0 spiro atoms. The Hall–Kier alpha value is -2.81. The van der Waals surface area contributed by atoms with Crippen molar-refractivity contribution in [3.63, 3.8) is 0 Å². The number of amides is 2. The number of benzene rings is 1. The van der Waals surface area contributed by atoms with Crippen LogP contribution in [-0.2, 0) is 14.3 Å². The molecule has 1 aromatic heterocycles. The maximum Gasteiger partial charge on any atom is 0.241 e. The predicted octanol–water partition coefficient (Wildman–Crippen LogP) is 1.64. The van der Waals surface area contributed by atoms with Gasteiger partial charge < -0.3 is 15.0 Å². The van der Waals surface area contributed by atoms with E-state index in [0.29, 0.717) is 36.2 Å². The van der Waals surface area contributed by atoms with E-state index < -0.39 is 0 Å². The van der Waals surface area contributed by atoms with Crippen LogP contribution in [0.4, 0.5) is 4.39 Å². The van der Waals surface area contributed by atoms with Crippen molar-refractivity contribution < 1.29 is 18.7 Å². The third kappa shape index (κ3) is 4.21. The quantitative estimate of drug-likeness (QED) is 0.802. The molecule has 1 aliphatic heterocycles. The van der Waals surface area contributed by atoms with Gasteiger partial charge in [-0.3, -0.25) is 9.59 Å². The first-order chi connectivity index (χ1) is 14.4. The number of nitrogens with one attached hydrogen (secondary N) is 1. The highest BCUT2D eigenvalue weighted by Gasteiger charge is 2.44. The summed E-state index contributed by atoms with van der Waals surface area (Å²) in [6.07, 6.45) is 3.43. The van der Waals surface area contributed by atoms with Gasteiger partial charge in [-0.1, -0.05) is 17.3 Å². The largest absolute Gasteiger partial charge is 0.379 e. The summed E-state index contributed by atoms with van der Waals surface area (Å²) >= 11 is 0. The summed E-state index contributed by atoms with van der Waals surface area (Å²) in [5.41, 5.74) is 1.30. The minimum absolute atomic E-state index is 0.00328.